The number of amides is 2. The average molecular weight is 405 g/mol. The van der Waals surface area contributed by atoms with Crippen LogP contribution in [0.2, 0.25) is 10.0 Å². The minimum Gasteiger partial charge on any atom is -0.382 e. The quantitative estimate of drug-likeness (QED) is 0.616. The number of hydrogen-bond donors (Lipinski definition) is 3. The minimum absolute atomic E-state index is 0.0352. The van der Waals surface area contributed by atoms with Gasteiger partial charge in [0.2, 0.25) is 5.91 Å². The van der Waals surface area contributed by atoms with Crippen molar-refractivity contribution in [1.82, 2.24) is 15.0 Å². The third kappa shape index (κ3) is 4.18. The number of aromatic nitrogens is 3. The molecule has 0 aliphatic heterocycles. The van der Waals surface area contributed by atoms with Gasteiger partial charge in [-0.05, 0) is 42.5 Å². The van der Waals surface area contributed by atoms with Crippen molar-refractivity contribution < 1.29 is 9.59 Å². The van der Waals surface area contributed by atoms with Crippen molar-refractivity contribution in [1.29, 1.82) is 0 Å². The zero-order valence-electron chi connectivity index (χ0n) is 14.0. The monoisotopic (exact) mass is 404 g/mol. The van der Waals surface area contributed by atoms with Crippen LogP contribution < -0.4 is 16.4 Å². The van der Waals surface area contributed by atoms with Gasteiger partial charge in [-0.15, -0.1) is 5.10 Å². The molecule has 27 heavy (non-hydrogen) atoms. The first-order valence-electron chi connectivity index (χ1n) is 7.71. The molecule has 138 valence electrons. The molecule has 0 radical (unpaired) electrons. The van der Waals surface area contributed by atoms with Gasteiger partial charge in [-0.25, -0.2) is 0 Å². The van der Waals surface area contributed by atoms with Crippen LogP contribution in [0.15, 0.2) is 42.5 Å². The first-order valence-corrected chi connectivity index (χ1v) is 8.46. The van der Waals surface area contributed by atoms with E-state index in [0.717, 1.165) is 0 Å². The highest BCUT2D eigenvalue weighted by Crippen LogP contribution is 2.26. The predicted molar refractivity (Wildman–Crippen MR) is 104 cm³/mol. The number of rotatable bonds is 4. The Bertz CT molecular complexity index is 1020. The molecule has 0 bridgehead atoms. The molecule has 0 unspecified atom stereocenters. The van der Waals surface area contributed by atoms with Gasteiger partial charge in [0.05, 0.1) is 15.7 Å². The fourth-order valence-electron chi connectivity index (χ4n) is 2.29. The average Bonchev–Trinajstić information content (AvgIpc) is 3.00. The number of nitrogens with two attached hydrogens (primary N) is 1. The van der Waals surface area contributed by atoms with E-state index in [1.54, 1.807) is 42.5 Å². The predicted octanol–water partition coefficient (Wildman–Crippen LogP) is 3.37. The van der Waals surface area contributed by atoms with Gasteiger partial charge in [-0.1, -0.05) is 28.4 Å². The van der Waals surface area contributed by atoms with E-state index < -0.39 is 5.91 Å². The van der Waals surface area contributed by atoms with E-state index in [4.69, 9.17) is 28.9 Å². The van der Waals surface area contributed by atoms with Gasteiger partial charge in [0.1, 0.15) is 0 Å². The molecule has 3 rings (SSSR count). The Morgan fingerprint density at radius 3 is 2.22 bits per heavy atom. The third-order valence-electron chi connectivity index (χ3n) is 3.53. The Morgan fingerprint density at radius 1 is 1.00 bits per heavy atom. The van der Waals surface area contributed by atoms with E-state index >= 15 is 0 Å². The van der Waals surface area contributed by atoms with Crippen LogP contribution in [0.3, 0.4) is 0 Å². The van der Waals surface area contributed by atoms with Crippen LogP contribution in [0.1, 0.15) is 17.4 Å². The molecule has 2 aromatic carbocycles. The zero-order valence-corrected chi connectivity index (χ0v) is 15.5. The molecule has 0 saturated carbocycles. The maximum atomic E-state index is 12.4. The van der Waals surface area contributed by atoms with E-state index in [2.05, 4.69) is 20.9 Å². The summed E-state index contributed by atoms with van der Waals surface area (Å²) in [5.74, 6) is -0.648. The highest BCUT2D eigenvalue weighted by Gasteiger charge is 2.19. The van der Waals surface area contributed by atoms with Crippen LogP contribution in [0.25, 0.3) is 5.69 Å². The Kier molecular flexibility index (Phi) is 5.29. The second kappa shape index (κ2) is 7.65. The van der Waals surface area contributed by atoms with E-state index in [9.17, 15) is 9.59 Å². The first kappa shape index (κ1) is 18.7. The number of nitrogen functional groups attached to an aromatic ring is 1. The molecule has 0 saturated heterocycles. The lowest BCUT2D eigenvalue weighted by Gasteiger charge is -2.07. The fraction of sp³-hybridized carbons (Fsp3) is 0.0588. The first-order chi connectivity index (χ1) is 12.8. The van der Waals surface area contributed by atoms with Crippen LogP contribution in [-0.2, 0) is 4.79 Å². The van der Waals surface area contributed by atoms with Gasteiger partial charge in [0, 0.05) is 18.3 Å². The number of nitrogens with zero attached hydrogens (tertiary/aromatic N) is 3. The largest absolute Gasteiger partial charge is 0.382 e. The summed E-state index contributed by atoms with van der Waals surface area (Å²) in [7, 11) is 0. The second-order valence-electron chi connectivity index (χ2n) is 5.55. The molecule has 0 fully saturated rings. The summed E-state index contributed by atoms with van der Waals surface area (Å²) in [5, 5.41) is 13.8. The Balaban J connectivity index is 1.78. The molecule has 1 heterocycles. The molecule has 10 heteroatoms. The SMILES string of the molecule is CC(=O)Nc1ccc(NC(=O)c2nnn(-c3ccc(Cl)c(Cl)c3)c2N)cc1. The highest BCUT2D eigenvalue weighted by molar-refractivity contribution is 6.42. The van der Waals surface area contributed by atoms with Gasteiger partial charge in [-0.2, -0.15) is 4.68 Å². The smallest absolute Gasteiger partial charge is 0.280 e. The van der Waals surface area contributed by atoms with Crippen LogP contribution >= 0.6 is 23.2 Å². The van der Waals surface area contributed by atoms with Crippen LogP contribution in [0.4, 0.5) is 17.2 Å². The summed E-state index contributed by atoms with van der Waals surface area (Å²) in [4.78, 5) is 23.5. The van der Waals surface area contributed by atoms with Crippen molar-refractivity contribution in [2.45, 2.75) is 6.92 Å². The maximum absolute atomic E-state index is 12.4. The lowest BCUT2D eigenvalue weighted by atomic mass is 10.2. The lowest BCUT2D eigenvalue weighted by Crippen LogP contribution is -2.15. The van der Waals surface area contributed by atoms with E-state index in [1.807, 2.05) is 0 Å². The number of anilines is 3. The standard InChI is InChI=1S/C17H14Cl2N6O2/c1-9(26)21-10-2-4-11(5-3-10)22-17(27)15-16(20)25(24-23-15)12-6-7-13(18)14(19)8-12/h2-8H,20H2,1H3,(H,21,26)(H,22,27). The van der Waals surface area contributed by atoms with E-state index in [1.165, 1.54) is 11.6 Å². The summed E-state index contributed by atoms with van der Waals surface area (Å²) >= 11 is 11.9. The van der Waals surface area contributed by atoms with Crippen molar-refractivity contribution >= 4 is 52.2 Å². The highest BCUT2D eigenvalue weighted by atomic mass is 35.5. The molecule has 0 aliphatic carbocycles. The van der Waals surface area contributed by atoms with Gasteiger partial charge in [0.15, 0.2) is 11.5 Å². The molecule has 0 atom stereocenters. The number of carbonyl (C=O) groups is 2. The van der Waals surface area contributed by atoms with Gasteiger partial charge >= 0.3 is 0 Å². The summed E-state index contributed by atoms with van der Waals surface area (Å²) in [6.45, 7) is 1.41. The van der Waals surface area contributed by atoms with Crippen LogP contribution in [0, 0.1) is 0 Å². The van der Waals surface area contributed by atoms with Gasteiger partial charge in [0.25, 0.3) is 5.91 Å². The number of nitrogens with one attached hydrogen (secondary N) is 2. The third-order valence-corrected chi connectivity index (χ3v) is 4.27. The second-order valence-corrected chi connectivity index (χ2v) is 6.36. The number of carbonyl (C=O) groups excluding carboxylic acids is 2. The molecular formula is C17H14Cl2N6O2. The molecule has 0 aliphatic rings. The van der Waals surface area contributed by atoms with Gasteiger partial charge in [-0.3, -0.25) is 9.59 Å². The topological polar surface area (TPSA) is 115 Å². The van der Waals surface area contributed by atoms with Crippen LogP contribution in [-0.4, -0.2) is 26.8 Å². The number of benzene rings is 2. The summed E-state index contributed by atoms with van der Waals surface area (Å²) in [6.07, 6.45) is 0. The zero-order chi connectivity index (χ0) is 19.6. The number of halogens is 2. The van der Waals surface area contributed by atoms with Crippen molar-refractivity contribution in [3.05, 3.63) is 58.2 Å². The molecule has 8 nitrogen and oxygen atoms in total. The lowest BCUT2D eigenvalue weighted by molar-refractivity contribution is -0.114. The summed E-state index contributed by atoms with van der Waals surface area (Å²) in [5.41, 5.74) is 7.62. The Hall–Kier alpha value is -3.10. The van der Waals surface area contributed by atoms with Crippen molar-refractivity contribution in [2.24, 2.45) is 0 Å². The fourth-order valence-corrected chi connectivity index (χ4v) is 2.58. The molecule has 2 amide bonds. The minimum atomic E-state index is -0.522. The molecule has 0 spiro atoms. The normalized spacial score (nSPS) is 10.5. The van der Waals surface area contributed by atoms with E-state index in [-0.39, 0.29) is 17.4 Å². The summed E-state index contributed by atoms with van der Waals surface area (Å²) in [6, 6.07) is 11.4. The molecular weight excluding hydrogens is 391 g/mol. The van der Waals surface area contributed by atoms with Crippen molar-refractivity contribution in [3.63, 3.8) is 0 Å². The molecule has 4 N–H and O–H groups in total. The van der Waals surface area contributed by atoms with Gasteiger partial charge < -0.3 is 16.4 Å². The Labute approximate surface area is 164 Å². The van der Waals surface area contributed by atoms with Crippen LogP contribution in [0.5, 0.6) is 0 Å². The van der Waals surface area contributed by atoms with Crippen molar-refractivity contribution in [3.8, 4) is 5.69 Å². The summed E-state index contributed by atoms with van der Waals surface area (Å²) < 4.78 is 1.29. The number of hydrogen-bond acceptors (Lipinski definition) is 5. The Morgan fingerprint density at radius 2 is 1.63 bits per heavy atom. The molecule has 1 aromatic heterocycles. The maximum Gasteiger partial charge on any atom is 0.280 e. The molecule has 3 aromatic rings. The van der Waals surface area contributed by atoms with Crippen molar-refractivity contribution in [2.75, 3.05) is 16.4 Å². The van der Waals surface area contributed by atoms with E-state index in [0.29, 0.717) is 27.1 Å².